The number of alkyl halides is 3. The molecule has 1 aliphatic heterocycles. The van der Waals surface area contributed by atoms with Gasteiger partial charge in [0.15, 0.2) is 0 Å². The van der Waals surface area contributed by atoms with E-state index < -0.39 is 31.1 Å². The van der Waals surface area contributed by atoms with E-state index in [0.717, 1.165) is 0 Å². The Kier molecular flexibility index (Phi) is 2.44. The van der Waals surface area contributed by atoms with Crippen molar-refractivity contribution in [3.8, 4) is 0 Å². The Morgan fingerprint density at radius 2 is 2.00 bits per heavy atom. The zero-order chi connectivity index (χ0) is 10.1. The van der Waals surface area contributed by atoms with Gasteiger partial charge in [0.1, 0.15) is 0 Å². The van der Waals surface area contributed by atoms with Crippen molar-refractivity contribution in [2.24, 2.45) is 0 Å². The van der Waals surface area contributed by atoms with Gasteiger partial charge in [-0.2, -0.15) is 13.2 Å². The van der Waals surface area contributed by atoms with Crippen molar-refractivity contribution in [3.63, 3.8) is 0 Å². The molecule has 1 saturated heterocycles. The average Bonchev–Trinajstić information content (AvgIpc) is 2.27. The van der Waals surface area contributed by atoms with E-state index in [1.807, 2.05) is 0 Å². The highest BCUT2D eigenvalue weighted by Gasteiger charge is 2.33. The highest BCUT2D eigenvalue weighted by Crippen LogP contribution is 2.20. The molecule has 0 unspecified atom stereocenters. The maximum Gasteiger partial charge on any atom is 0.390 e. The zero-order valence-electron chi connectivity index (χ0n) is 6.52. The quantitative estimate of drug-likeness (QED) is 0.653. The van der Waals surface area contributed by atoms with Crippen molar-refractivity contribution in [2.45, 2.75) is 12.6 Å². The number of nitrogens with zero attached hydrogens (tertiary/aromatic N) is 1. The number of halogens is 3. The molecule has 1 N–H and O–H groups in total. The summed E-state index contributed by atoms with van der Waals surface area (Å²) in [7, 11) is 0. The van der Waals surface area contributed by atoms with E-state index >= 15 is 0 Å². The highest BCUT2D eigenvalue weighted by atomic mass is 19.4. The highest BCUT2D eigenvalue weighted by molar-refractivity contribution is 6.01. The lowest BCUT2D eigenvalue weighted by atomic mass is 10.4. The molecule has 0 atom stereocenters. The lowest BCUT2D eigenvalue weighted by Crippen LogP contribution is -2.34. The lowest BCUT2D eigenvalue weighted by Gasteiger charge is -2.13. The van der Waals surface area contributed by atoms with Gasteiger partial charge >= 0.3 is 12.2 Å². The molecule has 1 aliphatic rings. The second-order valence-electron chi connectivity index (χ2n) is 2.57. The van der Waals surface area contributed by atoms with E-state index in [1.165, 1.54) is 0 Å². The molecule has 0 saturated carbocycles. The van der Waals surface area contributed by atoms with Crippen LogP contribution in [0, 0.1) is 0 Å². The molecule has 13 heavy (non-hydrogen) atoms. The third kappa shape index (κ3) is 2.60. The van der Waals surface area contributed by atoms with Crippen LogP contribution in [0.5, 0.6) is 0 Å². The van der Waals surface area contributed by atoms with E-state index in [9.17, 15) is 22.8 Å². The van der Waals surface area contributed by atoms with Crippen molar-refractivity contribution in [1.82, 2.24) is 10.2 Å². The molecular weight excluding hydrogens is 189 g/mol. The second-order valence-corrected chi connectivity index (χ2v) is 2.57. The van der Waals surface area contributed by atoms with Crippen LogP contribution in [0.2, 0.25) is 0 Å². The fraction of sp³-hybridized carbons (Fsp3) is 0.667. The molecule has 7 heteroatoms. The minimum atomic E-state index is -4.34. The minimum Gasteiger partial charge on any atom is -0.329 e. The van der Waals surface area contributed by atoms with Crippen LogP contribution in [0.25, 0.3) is 0 Å². The maximum absolute atomic E-state index is 11.7. The number of nitrogens with one attached hydrogen (secondary N) is 1. The molecule has 0 radical (unpaired) electrons. The van der Waals surface area contributed by atoms with Crippen LogP contribution in [0.3, 0.4) is 0 Å². The Morgan fingerprint density at radius 3 is 2.38 bits per heavy atom. The smallest absolute Gasteiger partial charge is 0.329 e. The number of urea groups is 1. The summed E-state index contributed by atoms with van der Waals surface area (Å²) in [6, 6.07) is -0.755. The summed E-state index contributed by atoms with van der Waals surface area (Å²) in [6.45, 7) is -0.815. The summed E-state index contributed by atoms with van der Waals surface area (Å²) in [6.07, 6.45) is -5.50. The van der Waals surface area contributed by atoms with E-state index in [0.29, 0.717) is 4.90 Å². The Labute approximate surface area is 71.7 Å². The summed E-state index contributed by atoms with van der Waals surface area (Å²) >= 11 is 0. The summed E-state index contributed by atoms with van der Waals surface area (Å²) in [5, 5.41) is 2.13. The number of imide groups is 1. The Balaban J connectivity index is 2.45. The Morgan fingerprint density at radius 1 is 1.38 bits per heavy atom. The molecule has 0 spiro atoms. The summed E-state index contributed by atoms with van der Waals surface area (Å²) in [4.78, 5) is 22.1. The first-order valence-corrected chi connectivity index (χ1v) is 3.55. The SMILES string of the molecule is O=C1CNC(=O)N1CCC(F)(F)F. The Hall–Kier alpha value is -1.27. The third-order valence-electron chi connectivity index (χ3n) is 1.56. The van der Waals surface area contributed by atoms with Crippen LogP contribution in [0.4, 0.5) is 18.0 Å². The topological polar surface area (TPSA) is 49.4 Å². The number of hydrogen-bond acceptors (Lipinski definition) is 2. The molecule has 3 amide bonds. The van der Waals surface area contributed by atoms with Crippen LogP contribution in [-0.4, -0.2) is 36.1 Å². The van der Waals surface area contributed by atoms with Crippen molar-refractivity contribution in [1.29, 1.82) is 0 Å². The predicted octanol–water partition coefficient (Wildman–Crippen LogP) is 0.491. The van der Waals surface area contributed by atoms with E-state index in [-0.39, 0.29) is 6.54 Å². The average molecular weight is 196 g/mol. The molecule has 0 bridgehead atoms. The fourth-order valence-electron chi connectivity index (χ4n) is 0.920. The minimum absolute atomic E-state index is 0.212. The largest absolute Gasteiger partial charge is 0.390 e. The fourth-order valence-corrected chi connectivity index (χ4v) is 0.920. The first-order chi connectivity index (χ1) is 5.90. The van der Waals surface area contributed by atoms with Crippen molar-refractivity contribution in [2.75, 3.05) is 13.1 Å². The van der Waals surface area contributed by atoms with E-state index in [2.05, 4.69) is 5.32 Å². The van der Waals surface area contributed by atoms with Gasteiger partial charge in [0.05, 0.1) is 13.0 Å². The molecule has 1 fully saturated rings. The van der Waals surface area contributed by atoms with Crippen LogP contribution in [-0.2, 0) is 4.79 Å². The molecule has 0 aliphatic carbocycles. The summed E-state index contributed by atoms with van der Waals surface area (Å²) in [5.74, 6) is -0.616. The van der Waals surface area contributed by atoms with Gasteiger partial charge in [-0.15, -0.1) is 0 Å². The van der Waals surface area contributed by atoms with Gasteiger partial charge in [-0.05, 0) is 0 Å². The molecule has 0 aromatic carbocycles. The van der Waals surface area contributed by atoms with Gasteiger partial charge < -0.3 is 5.32 Å². The van der Waals surface area contributed by atoms with Crippen molar-refractivity contribution < 1.29 is 22.8 Å². The molecule has 0 aromatic heterocycles. The van der Waals surface area contributed by atoms with Gasteiger partial charge in [-0.1, -0.05) is 0 Å². The molecule has 4 nitrogen and oxygen atoms in total. The van der Waals surface area contributed by atoms with Gasteiger partial charge in [-0.25, -0.2) is 4.79 Å². The third-order valence-corrected chi connectivity index (χ3v) is 1.56. The van der Waals surface area contributed by atoms with Gasteiger partial charge in [0.25, 0.3) is 0 Å². The van der Waals surface area contributed by atoms with Crippen LogP contribution in [0.15, 0.2) is 0 Å². The first-order valence-electron chi connectivity index (χ1n) is 3.55. The standard InChI is InChI=1S/C6H7F3N2O2/c7-6(8,9)1-2-11-4(12)3-10-5(11)13/h1-3H2,(H,10,13). The van der Waals surface area contributed by atoms with Crippen LogP contribution >= 0.6 is 0 Å². The molecular formula is C6H7F3N2O2. The lowest BCUT2D eigenvalue weighted by molar-refractivity contribution is -0.140. The number of carbonyl (C=O) groups excluding carboxylic acids is 2. The van der Waals surface area contributed by atoms with Gasteiger partial charge in [0.2, 0.25) is 5.91 Å². The van der Waals surface area contributed by atoms with Crippen LogP contribution in [0.1, 0.15) is 6.42 Å². The first kappa shape index (κ1) is 9.82. The van der Waals surface area contributed by atoms with Crippen molar-refractivity contribution in [3.05, 3.63) is 0 Å². The van der Waals surface area contributed by atoms with Crippen molar-refractivity contribution >= 4 is 11.9 Å². The maximum atomic E-state index is 11.7. The Bertz CT molecular complexity index is 223. The summed E-state index contributed by atoms with van der Waals surface area (Å²) < 4.78 is 35.1. The van der Waals surface area contributed by atoms with E-state index in [4.69, 9.17) is 0 Å². The monoisotopic (exact) mass is 196 g/mol. The predicted molar refractivity (Wildman–Crippen MR) is 35.8 cm³/mol. The van der Waals surface area contributed by atoms with Gasteiger partial charge in [0, 0.05) is 6.54 Å². The molecule has 1 heterocycles. The zero-order valence-corrected chi connectivity index (χ0v) is 6.52. The van der Waals surface area contributed by atoms with Gasteiger partial charge in [-0.3, -0.25) is 9.69 Å². The number of amides is 3. The molecule has 0 aromatic rings. The molecule has 1 rings (SSSR count). The van der Waals surface area contributed by atoms with E-state index in [1.54, 1.807) is 0 Å². The number of carbonyl (C=O) groups is 2. The number of rotatable bonds is 2. The molecule has 74 valence electrons. The van der Waals surface area contributed by atoms with Crippen LogP contribution < -0.4 is 5.32 Å². The number of hydrogen-bond donors (Lipinski definition) is 1. The normalized spacial score (nSPS) is 17.9. The second kappa shape index (κ2) is 3.23. The summed E-state index contributed by atoms with van der Waals surface area (Å²) in [5.41, 5.74) is 0.